The van der Waals surface area contributed by atoms with Crippen LogP contribution in [0.25, 0.3) is 0 Å². The maximum Gasteiger partial charge on any atom is 0.305 e. The molecule has 2 heteroatoms. The van der Waals surface area contributed by atoms with E-state index in [2.05, 4.69) is 13.8 Å². The van der Waals surface area contributed by atoms with Gasteiger partial charge < -0.3 is 4.74 Å². The first-order chi connectivity index (χ1) is 5.68. The van der Waals surface area contributed by atoms with Gasteiger partial charge in [-0.1, -0.05) is 13.8 Å². The lowest BCUT2D eigenvalue weighted by Crippen LogP contribution is -2.11. The summed E-state index contributed by atoms with van der Waals surface area (Å²) < 4.78 is 5.08. The molecular formula is C10H18O2. The highest BCUT2D eigenvalue weighted by Crippen LogP contribution is 2.21. The Morgan fingerprint density at radius 2 is 2.33 bits per heavy atom. The summed E-state index contributed by atoms with van der Waals surface area (Å²) in [5.74, 6) is 1.31. The first kappa shape index (κ1) is 9.56. The summed E-state index contributed by atoms with van der Waals surface area (Å²) in [6.45, 7) is 5.08. The molecule has 0 aromatic rings. The van der Waals surface area contributed by atoms with Gasteiger partial charge in [-0.15, -0.1) is 0 Å². The van der Waals surface area contributed by atoms with Gasteiger partial charge in [-0.2, -0.15) is 0 Å². The van der Waals surface area contributed by atoms with Gasteiger partial charge in [0.2, 0.25) is 0 Å². The minimum Gasteiger partial charge on any atom is -0.465 e. The van der Waals surface area contributed by atoms with Gasteiger partial charge in [0.1, 0.15) is 0 Å². The molecule has 2 nitrogen and oxygen atoms in total. The molecule has 1 saturated heterocycles. The Morgan fingerprint density at radius 3 is 3.00 bits per heavy atom. The summed E-state index contributed by atoms with van der Waals surface area (Å²) in [4.78, 5) is 10.9. The second kappa shape index (κ2) is 4.48. The van der Waals surface area contributed by atoms with Gasteiger partial charge in [0, 0.05) is 6.42 Å². The molecule has 1 rings (SSSR count). The van der Waals surface area contributed by atoms with Gasteiger partial charge in [0.15, 0.2) is 0 Å². The van der Waals surface area contributed by atoms with Crippen LogP contribution in [0.3, 0.4) is 0 Å². The fourth-order valence-electron chi connectivity index (χ4n) is 1.75. The third-order valence-corrected chi connectivity index (χ3v) is 2.28. The highest BCUT2D eigenvalue weighted by molar-refractivity contribution is 5.69. The van der Waals surface area contributed by atoms with E-state index in [4.69, 9.17) is 4.74 Å². The lowest BCUT2D eigenvalue weighted by molar-refractivity contribution is -0.143. The lowest BCUT2D eigenvalue weighted by Gasteiger charge is -2.14. The van der Waals surface area contributed by atoms with Gasteiger partial charge in [-0.05, 0) is 31.1 Å². The molecule has 70 valence electrons. The van der Waals surface area contributed by atoms with Crippen molar-refractivity contribution in [3.05, 3.63) is 0 Å². The number of hydrogen-bond acceptors (Lipinski definition) is 2. The molecule has 0 aliphatic carbocycles. The van der Waals surface area contributed by atoms with Crippen molar-refractivity contribution in [2.75, 3.05) is 6.61 Å². The monoisotopic (exact) mass is 170 g/mol. The molecule has 0 amide bonds. The van der Waals surface area contributed by atoms with Crippen LogP contribution in [0.4, 0.5) is 0 Å². The Kier molecular flexibility index (Phi) is 3.57. The van der Waals surface area contributed by atoms with Crippen LogP contribution in [-0.4, -0.2) is 12.6 Å². The van der Waals surface area contributed by atoms with Gasteiger partial charge in [-0.3, -0.25) is 4.79 Å². The van der Waals surface area contributed by atoms with Crippen molar-refractivity contribution in [2.45, 2.75) is 39.5 Å². The standard InChI is InChI=1S/C10H18O2/c1-8(2)6-9-4-3-5-10(11)12-7-9/h8-9H,3-7H2,1-2H3. The predicted molar refractivity (Wildman–Crippen MR) is 47.8 cm³/mol. The molecule has 1 aliphatic heterocycles. The quantitative estimate of drug-likeness (QED) is 0.595. The summed E-state index contributed by atoms with van der Waals surface area (Å²) in [6, 6.07) is 0. The lowest BCUT2D eigenvalue weighted by atomic mass is 9.94. The van der Waals surface area contributed by atoms with E-state index in [1.165, 1.54) is 6.42 Å². The molecule has 1 fully saturated rings. The van der Waals surface area contributed by atoms with Crippen LogP contribution in [0, 0.1) is 11.8 Å². The molecule has 0 radical (unpaired) electrons. The minimum absolute atomic E-state index is 0.0127. The Labute approximate surface area is 74.3 Å². The van der Waals surface area contributed by atoms with Crippen LogP contribution in [-0.2, 0) is 9.53 Å². The zero-order valence-electron chi connectivity index (χ0n) is 8.01. The van der Waals surface area contributed by atoms with E-state index in [1.807, 2.05) is 0 Å². The van der Waals surface area contributed by atoms with Gasteiger partial charge in [-0.25, -0.2) is 0 Å². The molecule has 1 heterocycles. The molecule has 0 aromatic carbocycles. The van der Waals surface area contributed by atoms with Crippen LogP contribution in [0.5, 0.6) is 0 Å². The molecule has 1 unspecified atom stereocenters. The van der Waals surface area contributed by atoms with Crippen molar-refractivity contribution in [1.82, 2.24) is 0 Å². The average Bonchev–Trinajstić information content (AvgIpc) is 2.15. The van der Waals surface area contributed by atoms with Crippen molar-refractivity contribution >= 4 is 5.97 Å². The largest absolute Gasteiger partial charge is 0.465 e. The number of carbonyl (C=O) groups excluding carboxylic acids is 1. The fraction of sp³-hybridized carbons (Fsp3) is 0.900. The predicted octanol–water partition coefficient (Wildman–Crippen LogP) is 2.38. The van der Waals surface area contributed by atoms with Crippen molar-refractivity contribution in [3.63, 3.8) is 0 Å². The molecule has 0 saturated carbocycles. The zero-order valence-corrected chi connectivity index (χ0v) is 8.01. The topological polar surface area (TPSA) is 26.3 Å². The highest BCUT2D eigenvalue weighted by atomic mass is 16.5. The third kappa shape index (κ3) is 3.24. The van der Waals surface area contributed by atoms with Gasteiger partial charge in [0.25, 0.3) is 0 Å². The molecular weight excluding hydrogens is 152 g/mol. The van der Waals surface area contributed by atoms with E-state index in [0.29, 0.717) is 24.9 Å². The van der Waals surface area contributed by atoms with Crippen molar-refractivity contribution in [3.8, 4) is 0 Å². The fourth-order valence-corrected chi connectivity index (χ4v) is 1.75. The Hall–Kier alpha value is -0.530. The van der Waals surface area contributed by atoms with Gasteiger partial charge in [0.05, 0.1) is 6.61 Å². The molecule has 1 atom stereocenters. The molecule has 0 aromatic heterocycles. The second-order valence-corrected chi connectivity index (χ2v) is 4.07. The van der Waals surface area contributed by atoms with E-state index in [-0.39, 0.29) is 5.97 Å². The summed E-state index contributed by atoms with van der Waals surface area (Å²) in [5, 5.41) is 0. The molecule has 0 N–H and O–H groups in total. The summed E-state index contributed by atoms with van der Waals surface area (Å²) in [6.07, 6.45) is 3.97. The minimum atomic E-state index is -0.0127. The molecule has 0 bridgehead atoms. The van der Waals surface area contributed by atoms with E-state index >= 15 is 0 Å². The number of carbonyl (C=O) groups is 1. The number of ether oxygens (including phenoxy) is 1. The van der Waals surface area contributed by atoms with E-state index < -0.39 is 0 Å². The van der Waals surface area contributed by atoms with Crippen molar-refractivity contribution < 1.29 is 9.53 Å². The molecule has 0 spiro atoms. The SMILES string of the molecule is CC(C)CC1CCCC(=O)OC1. The number of rotatable bonds is 2. The Balaban J connectivity index is 2.30. The smallest absolute Gasteiger partial charge is 0.305 e. The maximum absolute atomic E-state index is 10.9. The Morgan fingerprint density at radius 1 is 1.58 bits per heavy atom. The van der Waals surface area contributed by atoms with E-state index in [1.54, 1.807) is 0 Å². The number of cyclic esters (lactones) is 1. The maximum atomic E-state index is 10.9. The zero-order chi connectivity index (χ0) is 8.97. The normalized spacial score (nSPS) is 25.2. The average molecular weight is 170 g/mol. The van der Waals surface area contributed by atoms with Crippen molar-refractivity contribution in [1.29, 1.82) is 0 Å². The van der Waals surface area contributed by atoms with E-state index in [0.717, 1.165) is 12.8 Å². The highest BCUT2D eigenvalue weighted by Gasteiger charge is 2.17. The van der Waals surface area contributed by atoms with Crippen LogP contribution >= 0.6 is 0 Å². The molecule has 12 heavy (non-hydrogen) atoms. The summed E-state index contributed by atoms with van der Waals surface area (Å²) in [5.41, 5.74) is 0. The van der Waals surface area contributed by atoms with Crippen LogP contribution in [0.2, 0.25) is 0 Å². The summed E-state index contributed by atoms with van der Waals surface area (Å²) >= 11 is 0. The molecule has 1 aliphatic rings. The Bertz CT molecular complexity index is 152. The first-order valence-electron chi connectivity index (χ1n) is 4.84. The third-order valence-electron chi connectivity index (χ3n) is 2.28. The van der Waals surface area contributed by atoms with Crippen LogP contribution < -0.4 is 0 Å². The van der Waals surface area contributed by atoms with Crippen LogP contribution in [0.15, 0.2) is 0 Å². The summed E-state index contributed by atoms with van der Waals surface area (Å²) in [7, 11) is 0. The first-order valence-corrected chi connectivity index (χ1v) is 4.84. The number of esters is 1. The van der Waals surface area contributed by atoms with Gasteiger partial charge >= 0.3 is 5.97 Å². The second-order valence-electron chi connectivity index (χ2n) is 4.07. The van der Waals surface area contributed by atoms with Crippen molar-refractivity contribution in [2.24, 2.45) is 11.8 Å². The van der Waals surface area contributed by atoms with Crippen LogP contribution in [0.1, 0.15) is 39.5 Å². The van der Waals surface area contributed by atoms with E-state index in [9.17, 15) is 4.79 Å². The number of hydrogen-bond donors (Lipinski definition) is 0.